The van der Waals surface area contributed by atoms with Crippen LogP contribution in [0.3, 0.4) is 0 Å². The van der Waals surface area contributed by atoms with E-state index in [9.17, 15) is 14.4 Å². The van der Waals surface area contributed by atoms with Gasteiger partial charge in [-0.25, -0.2) is 14.4 Å². The molecule has 75 heavy (non-hydrogen) atoms. The summed E-state index contributed by atoms with van der Waals surface area (Å²) in [6.45, 7) is 29.4. The van der Waals surface area contributed by atoms with Crippen LogP contribution in [0.25, 0.3) is 0 Å². The fourth-order valence-corrected chi connectivity index (χ4v) is 7.13. The highest BCUT2D eigenvalue weighted by Crippen LogP contribution is 2.30. The van der Waals surface area contributed by atoms with Gasteiger partial charge in [0.25, 0.3) is 0 Å². The Kier molecular flexibility index (Phi) is 26.6. The molecule has 0 aromatic heterocycles. The van der Waals surface area contributed by atoms with Gasteiger partial charge in [0.15, 0.2) is 0 Å². The van der Waals surface area contributed by atoms with Gasteiger partial charge in [-0.15, -0.1) is 0 Å². The molecule has 0 heterocycles. The van der Waals surface area contributed by atoms with E-state index in [1.165, 1.54) is 0 Å². The average molecular weight is 1040 g/mol. The van der Waals surface area contributed by atoms with E-state index in [1.54, 1.807) is 36.4 Å². The van der Waals surface area contributed by atoms with Crippen molar-refractivity contribution in [1.82, 2.24) is 16.0 Å². The Labute approximate surface area is 448 Å². The number of anilines is 3. The number of carbonyl (C=O) groups excluding carboxylic acids is 3. The Bertz CT molecular complexity index is 1990. The summed E-state index contributed by atoms with van der Waals surface area (Å²) in [5.41, 5.74) is 3.81. The van der Waals surface area contributed by atoms with Crippen LogP contribution in [-0.4, -0.2) is 57.7 Å². The smallest absolute Gasteiger partial charge is 0.319 e. The first-order chi connectivity index (χ1) is 35.8. The number of urea groups is 3. The largest absolute Gasteiger partial charge is 0.493 e. The van der Waals surface area contributed by atoms with Crippen molar-refractivity contribution in [1.29, 1.82) is 0 Å². The molecule has 4 rings (SSSR count). The lowest BCUT2D eigenvalue weighted by atomic mass is 10.1. The molecule has 0 saturated carbocycles. The number of rotatable bonds is 33. The summed E-state index contributed by atoms with van der Waals surface area (Å²) >= 11 is 0. The molecule has 0 aliphatic rings. The van der Waals surface area contributed by atoms with Crippen molar-refractivity contribution >= 4 is 35.2 Å². The van der Waals surface area contributed by atoms with E-state index < -0.39 is 18.1 Å². The Morgan fingerprint density at radius 2 is 0.493 bits per heavy atom. The Morgan fingerprint density at radius 1 is 0.307 bits per heavy atom. The first-order valence-corrected chi connectivity index (χ1v) is 27.2. The molecule has 0 spiro atoms. The van der Waals surface area contributed by atoms with E-state index in [0.717, 1.165) is 55.2 Å². The van der Waals surface area contributed by atoms with Crippen LogP contribution in [0.5, 0.6) is 34.5 Å². The maximum atomic E-state index is 13.5. The van der Waals surface area contributed by atoms with E-state index in [4.69, 9.17) is 28.4 Å². The molecule has 15 heteroatoms. The zero-order chi connectivity index (χ0) is 54.7. The van der Waals surface area contributed by atoms with Gasteiger partial charge in [-0.3, -0.25) is 0 Å². The SMILES string of the molecule is CC(C)CCOc1cc(NC(=O)NCc2cc(CNC(=O)Nc3cc(OCCC(C)C)cc(OCCC(C)C)c3)cc(CNC(=O)Nc3cc(OCCC(C)C)cc(OCCC(C)C)c3)c2)cc(OCCC(C)C)c1. The zero-order valence-corrected chi connectivity index (χ0v) is 47.2. The molecule has 0 unspecified atom stereocenters. The number of benzene rings is 4. The second-order valence-corrected chi connectivity index (χ2v) is 21.8. The summed E-state index contributed by atoms with van der Waals surface area (Å²) in [6.07, 6.45) is 5.32. The molecule has 0 aliphatic carbocycles. The van der Waals surface area contributed by atoms with E-state index in [1.807, 2.05) is 36.4 Å². The minimum Gasteiger partial charge on any atom is -0.493 e. The van der Waals surface area contributed by atoms with Crippen LogP contribution >= 0.6 is 0 Å². The maximum Gasteiger partial charge on any atom is 0.319 e. The van der Waals surface area contributed by atoms with E-state index in [-0.39, 0.29) is 19.6 Å². The minimum absolute atomic E-state index is 0.139. The maximum absolute atomic E-state index is 13.5. The second-order valence-electron chi connectivity index (χ2n) is 21.8. The highest BCUT2D eigenvalue weighted by Gasteiger charge is 2.14. The van der Waals surface area contributed by atoms with Crippen LogP contribution in [0.15, 0.2) is 72.8 Å². The van der Waals surface area contributed by atoms with Crippen molar-refractivity contribution in [3.63, 3.8) is 0 Å². The van der Waals surface area contributed by atoms with Crippen molar-refractivity contribution in [2.75, 3.05) is 55.6 Å². The predicted molar refractivity (Wildman–Crippen MR) is 303 cm³/mol. The van der Waals surface area contributed by atoms with Gasteiger partial charge < -0.3 is 60.3 Å². The quantitative estimate of drug-likeness (QED) is 0.0271. The van der Waals surface area contributed by atoms with Crippen LogP contribution in [0.2, 0.25) is 0 Å². The van der Waals surface area contributed by atoms with Gasteiger partial charge in [0.2, 0.25) is 0 Å². The number of carbonyl (C=O) groups is 3. The van der Waals surface area contributed by atoms with Crippen molar-refractivity contribution in [3.05, 3.63) is 89.5 Å². The van der Waals surface area contributed by atoms with Crippen LogP contribution in [0, 0.1) is 35.5 Å². The summed E-state index contributed by atoms with van der Waals surface area (Å²) in [7, 11) is 0. The molecule has 0 radical (unpaired) electrons. The lowest BCUT2D eigenvalue weighted by Gasteiger charge is -2.16. The second kappa shape index (κ2) is 32.7. The van der Waals surface area contributed by atoms with Gasteiger partial charge in [-0.1, -0.05) is 101 Å². The molecule has 4 aromatic rings. The summed E-state index contributed by atoms with van der Waals surface area (Å²) in [5.74, 6) is 6.50. The fourth-order valence-electron chi connectivity index (χ4n) is 7.13. The lowest BCUT2D eigenvalue weighted by molar-refractivity contribution is 0.251. The third kappa shape index (κ3) is 26.5. The number of hydrogen-bond donors (Lipinski definition) is 6. The molecular formula is C60H90N6O9. The number of ether oxygens (including phenoxy) is 6. The topological polar surface area (TPSA) is 179 Å². The minimum atomic E-state index is -0.435. The molecule has 4 aromatic carbocycles. The van der Waals surface area contributed by atoms with Gasteiger partial charge in [0, 0.05) is 91.3 Å². The van der Waals surface area contributed by atoms with Gasteiger partial charge in [0.1, 0.15) is 34.5 Å². The van der Waals surface area contributed by atoms with Gasteiger partial charge in [0.05, 0.1) is 39.6 Å². The van der Waals surface area contributed by atoms with Gasteiger partial charge in [-0.2, -0.15) is 0 Å². The zero-order valence-electron chi connectivity index (χ0n) is 47.2. The number of hydrogen-bond acceptors (Lipinski definition) is 9. The molecule has 0 bridgehead atoms. The third-order valence-electron chi connectivity index (χ3n) is 11.7. The molecule has 0 saturated heterocycles. The summed E-state index contributed by atoms with van der Waals surface area (Å²) in [5, 5.41) is 17.8. The van der Waals surface area contributed by atoms with Crippen LogP contribution in [0.4, 0.5) is 31.4 Å². The third-order valence-corrected chi connectivity index (χ3v) is 11.7. The summed E-state index contributed by atoms with van der Waals surface area (Å²) in [4.78, 5) is 40.6. The molecule has 414 valence electrons. The molecule has 15 nitrogen and oxygen atoms in total. The molecule has 0 fully saturated rings. The monoisotopic (exact) mass is 1040 g/mol. The van der Waals surface area contributed by atoms with Crippen molar-refractivity contribution in [3.8, 4) is 34.5 Å². The van der Waals surface area contributed by atoms with Crippen molar-refractivity contribution in [2.45, 2.75) is 141 Å². The summed E-state index contributed by atoms with van der Waals surface area (Å²) in [6, 6.07) is 20.7. The Hall–Kier alpha value is -6.51. The van der Waals surface area contributed by atoms with E-state index in [2.05, 4.69) is 115 Å². The lowest BCUT2D eigenvalue weighted by Crippen LogP contribution is -2.30. The molecule has 6 amide bonds. The first-order valence-electron chi connectivity index (χ1n) is 27.2. The average Bonchev–Trinajstić information content (AvgIpc) is 3.31. The molecule has 0 atom stereocenters. The van der Waals surface area contributed by atoms with Gasteiger partial charge >= 0.3 is 18.1 Å². The highest BCUT2D eigenvalue weighted by molar-refractivity contribution is 5.91. The van der Waals surface area contributed by atoms with Crippen LogP contribution in [-0.2, 0) is 19.6 Å². The van der Waals surface area contributed by atoms with E-state index in [0.29, 0.717) is 127 Å². The molecule has 0 aliphatic heterocycles. The predicted octanol–water partition coefficient (Wildman–Crippen LogP) is 14.2. The first kappa shape index (κ1) is 61.0. The Balaban J connectivity index is 1.53. The highest BCUT2D eigenvalue weighted by atomic mass is 16.5. The van der Waals surface area contributed by atoms with E-state index >= 15 is 0 Å². The van der Waals surface area contributed by atoms with Crippen molar-refractivity contribution < 1.29 is 42.8 Å². The number of nitrogens with one attached hydrogen (secondary N) is 6. The van der Waals surface area contributed by atoms with Crippen molar-refractivity contribution in [2.24, 2.45) is 35.5 Å². The Morgan fingerprint density at radius 3 is 0.667 bits per heavy atom. The molecular weight excluding hydrogens is 949 g/mol. The summed E-state index contributed by atoms with van der Waals surface area (Å²) < 4.78 is 36.4. The number of amides is 6. The standard InChI is InChI=1S/C60H90N6O9/c1-40(2)13-19-70-52-28-49(29-53(34-52)71-20-14-41(3)4)64-58(67)61-37-46-25-47(38-62-59(68)65-50-30-54(72-21-15-42(5)6)35-55(31-50)73-22-16-43(7)8)27-48(26-46)39-63-60(69)66-51-32-56(74-23-17-44(9)10)36-57(33-51)75-24-18-45(11)12/h25-36,40-45H,13-24,37-39H2,1-12H3,(H2,61,64,67)(H2,62,65,68)(H2,63,66,69). The fraction of sp³-hybridized carbons (Fsp3) is 0.550. The molecule has 6 N–H and O–H groups in total. The normalized spacial score (nSPS) is 11.3. The van der Waals surface area contributed by atoms with Crippen LogP contribution < -0.4 is 60.3 Å². The van der Waals surface area contributed by atoms with Gasteiger partial charge in [-0.05, 0) is 90.7 Å². The van der Waals surface area contributed by atoms with Crippen LogP contribution in [0.1, 0.15) is 138 Å².